The zero-order valence-electron chi connectivity index (χ0n) is 25.2. The van der Waals surface area contributed by atoms with E-state index < -0.39 is 5.54 Å². The number of para-hydroxylation sites is 1. The molecule has 3 unspecified atom stereocenters. The van der Waals surface area contributed by atoms with Crippen molar-refractivity contribution in [2.24, 2.45) is 29.7 Å². The Labute approximate surface area is 252 Å². The smallest absolute Gasteiger partial charge is 0.223 e. The van der Waals surface area contributed by atoms with Crippen molar-refractivity contribution in [2.45, 2.75) is 68.7 Å². The molecule has 0 saturated heterocycles. The number of nitrogens with zero attached hydrogens (tertiary/aromatic N) is 3. The van der Waals surface area contributed by atoms with Crippen LogP contribution < -0.4 is 9.13 Å². The quantitative estimate of drug-likeness (QED) is 0.173. The molecule has 42 heavy (non-hydrogen) atoms. The van der Waals surface area contributed by atoms with Gasteiger partial charge in [0.25, 0.3) is 0 Å². The molecule has 3 nitrogen and oxygen atoms in total. The maximum absolute atomic E-state index is 2.68. The Morgan fingerprint density at radius 2 is 1.60 bits per heavy atom. The van der Waals surface area contributed by atoms with Gasteiger partial charge in [-0.2, -0.15) is 9.13 Å². The summed E-state index contributed by atoms with van der Waals surface area (Å²) in [6, 6.07) is 25.5. The molecule has 0 N–H and O–H groups in total. The number of imidazole rings is 1. The zero-order chi connectivity index (χ0) is 28.3. The zero-order valence-corrected chi connectivity index (χ0v) is 26.0. The first-order valence-electron chi connectivity index (χ1n) is 15.8. The molecule has 0 radical (unpaired) electrons. The van der Waals surface area contributed by atoms with Crippen molar-refractivity contribution < 1.29 is 9.13 Å². The Morgan fingerprint density at radius 1 is 0.833 bits per heavy atom. The lowest BCUT2D eigenvalue weighted by Crippen LogP contribution is -2.57. The molecule has 1 fully saturated rings. The van der Waals surface area contributed by atoms with E-state index in [-0.39, 0.29) is 0 Å². The molecule has 3 aliphatic heterocycles. The molecule has 2 aromatic heterocycles. The van der Waals surface area contributed by atoms with Crippen molar-refractivity contribution in [3.05, 3.63) is 101 Å². The maximum atomic E-state index is 2.68. The highest BCUT2D eigenvalue weighted by Crippen LogP contribution is 2.61. The van der Waals surface area contributed by atoms with E-state index in [0.29, 0.717) is 10.8 Å². The number of benzene rings is 3. The SMILES string of the molecule is Cn1c2[n+]3c4c(cccc41)Sc1c4c(cc(c1-3)C21c2ccccc2-c2cccc[n+]21)CC1C(C4)C(C)(C)CCC1(C)C. The van der Waals surface area contributed by atoms with Gasteiger partial charge in [-0.3, -0.25) is 0 Å². The molecule has 3 atom stereocenters. The standard InChI is InChI=1S/C38H37N3S/c1-36(2)16-17-37(3,4)27-21-24-22(19-26(27)36)20-28-32-34(24)42-31-15-10-14-30-33(31)41(32)35(39(30)5)38(28)25-12-7-6-11-23(25)29-13-8-9-18-40(29)38/h6-15,18,20,26-27H,16-17,19,21H2,1-5H3/q+2. The summed E-state index contributed by atoms with van der Waals surface area (Å²) in [6.07, 6.45) is 7.39. The third-order valence-electron chi connectivity index (χ3n) is 12.3. The van der Waals surface area contributed by atoms with Crippen LogP contribution in [0.1, 0.15) is 68.6 Å². The predicted octanol–water partition coefficient (Wildman–Crippen LogP) is 7.52. The van der Waals surface area contributed by atoms with Gasteiger partial charge in [-0.1, -0.05) is 63.7 Å². The van der Waals surface area contributed by atoms with Gasteiger partial charge in [-0.05, 0) is 89.8 Å². The van der Waals surface area contributed by atoms with Gasteiger partial charge in [0.1, 0.15) is 0 Å². The lowest BCUT2D eigenvalue weighted by Gasteiger charge is -2.55. The van der Waals surface area contributed by atoms with Gasteiger partial charge in [0.15, 0.2) is 22.9 Å². The molecule has 2 aliphatic carbocycles. The van der Waals surface area contributed by atoms with Crippen LogP contribution in [0, 0.1) is 22.7 Å². The lowest BCUT2D eigenvalue weighted by atomic mass is 9.50. The largest absolute Gasteiger partial charge is 0.346 e. The van der Waals surface area contributed by atoms with E-state index >= 15 is 0 Å². The number of hydrogen-bond acceptors (Lipinski definition) is 1. The van der Waals surface area contributed by atoms with Crippen molar-refractivity contribution in [3.8, 4) is 16.9 Å². The summed E-state index contributed by atoms with van der Waals surface area (Å²) in [5.74, 6) is 2.80. The molecule has 5 aromatic rings. The second kappa shape index (κ2) is 7.39. The van der Waals surface area contributed by atoms with Crippen LogP contribution in [-0.4, -0.2) is 4.57 Å². The van der Waals surface area contributed by atoms with E-state index in [1.165, 1.54) is 80.4 Å². The number of aryl methyl sites for hydroxylation is 1. The molecular formula is C38H37N3S+2. The fourth-order valence-corrected chi connectivity index (χ4v) is 11.4. The summed E-state index contributed by atoms with van der Waals surface area (Å²) in [5, 5.41) is 0. The number of pyridine rings is 1. The van der Waals surface area contributed by atoms with Gasteiger partial charge in [0, 0.05) is 12.1 Å². The number of aromatic nitrogens is 3. The van der Waals surface area contributed by atoms with Crippen molar-refractivity contribution in [3.63, 3.8) is 0 Å². The van der Waals surface area contributed by atoms with Crippen molar-refractivity contribution in [1.29, 1.82) is 0 Å². The van der Waals surface area contributed by atoms with E-state index in [2.05, 4.69) is 133 Å². The summed E-state index contributed by atoms with van der Waals surface area (Å²) >= 11 is 2.05. The Hall–Kier alpha value is -3.37. The monoisotopic (exact) mass is 567 g/mol. The van der Waals surface area contributed by atoms with E-state index in [4.69, 9.17) is 0 Å². The van der Waals surface area contributed by atoms with Gasteiger partial charge in [-0.25, -0.2) is 4.57 Å². The van der Waals surface area contributed by atoms with Crippen LogP contribution in [0.4, 0.5) is 0 Å². The first kappa shape index (κ1) is 24.1. The molecule has 3 aromatic carbocycles. The first-order valence-corrected chi connectivity index (χ1v) is 16.6. The molecule has 5 heterocycles. The Balaban J connectivity index is 1.37. The highest BCUT2D eigenvalue weighted by Gasteiger charge is 2.68. The molecule has 0 amide bonds. The Kier molecular flexibility index (Phi) is 4.25. The number of fused-ring (bicyclic) bond motifs is 10. The molecule has 10 rings (SSSR count). The fourth-order valence-electron chi connectivity index (χ4n) is 10.1. The summed E-state index contributed by atoms with van der Waals surface area (Å²) in [7, 11) is 2.30. The minimum atomic E-state index is -0.402. The van der Waals surface area contributed by atoms with Crippen molar-refractivity contribution in [2.75, 3.05) is 0 Å². The van der Waals surface area contributed by atoms with Crippen molar-refractivity contribution in [1.82, 2.24) is 4.57 Å². The van der Waals surface area contributed by atoms with Crippen LogP contribution in [0.15, 0.2) is 82.7 Å². The average molecular weight is 568 g/mol. The lowest BCUT2D eigenvalue weighted by molar-refractivity contribution is -0.733. The van der Waals surface area contributed by atoms with Gasteiger partial charge in [0.05, 0.1) is 33.5 Å². The van der Waals surface area contributed by atoms with Gasteiger partial charge >= 0.3 is 11.4 Å². The number of hydrogen-bond donors (Lipinski definition) is 0. The molecule has 0 bridgehead atoms. The van der Waals surface area contributed by atoms with Crippen LogP contribution in [0.3, 0.4) is 0 Å². The third-order valence-corrected chi connectivity index (χ3v) is 13.5. The minimum absolute atomic E-state index is 0.372. The number of rotatable bonds is 0. The van der Waals surface area contributed by atoms with Gasteiger partial charge < -0.3 is 0 Å². The van der Waals surface area contributed by atoms with E-state index in [0.717, 1.165) is 11.8 Å². The molecule has 1 saturated carbocycles. The molecule has 5 aliphatic rings. The summed E-state index contributed by atoms with van der Waals surface area (Å²) in [6.45, 7) is 10.2. The van der Waals surface area contributed by atoms with E-state index in [1.54, 1.807) is 11.1 Å². The predicted molar refractivity (Wildman–Crippen MR) is 167 cm³/mol. The van der Waals surface area contributed by atoms with Gasteiger partial charge in [0.2, 0.25) is 5.69 Å². The van der Waals surface area contributed by atoms with Crippen LogP contribution in [0.2, 0.25) is 0 Å². The van der Waals surface area contributed by atoms with Crippen LogP contribution in [-0.2, 0) is 25.4 Å². The third kappa shape index (κ3) is 2.53. The van der Waals surface area contributed by atoms with Crippen LogP contribution >= 0.6 is 11.8 Å². The van der Waals surface area contributed by atoms with Crippen LogP contribution in [0.25, 0.3) is 28.0 Å². The van der Waals surface area contributed by atoms with Crippen LogP contribution in [0.5, 0.6) is 0 Å². The van der Waals surface area contributed by atoms with Crippen molar-refractivity contribution >= 4 is 22.8 Å². The summed E-state index contributed by atoms with van der Waals surface area (Å²) in [4.78, 5) is 2.92. The highest BCUT2D eigenvalue weighted by atomic mass is 32.2. The molecular weight excluding hydrogens is 531 g/mol. The molecule has 4 heteroatoms. The Bertz CT molecular complexity index is 2020. The molecule has 208 valence electrons. The fraction of sp³-hybridized carbons (Fsp3) is 0.368. The molecule has 1 spiro atoms. The average Bonchev–Trinajstić information content (AvgIpc) is 3.58. The maximum Gasteiger partial charge on any atom is 0.346 e. The van der Waals surface area contributed by atoms with Gasteiger partial charge in [-0.15, -0.1) is 0 Å². The summed E-state index contributed by atoms with van der Waals surface area (Å²) in [5.41, 5.74) is 13.3. The summed E-state index contributed by atoms with van der Waals surface area (Å²) < 4.78 is 7.78. The van der Waals surface area contributed by atoms with E-state index in [1.807, 2.05) is 0 Å². The Morgan fingerprint density at radius 3 is 2.43 bits per heavy atom. The minimum Gasteiger partial charge on any atom is -0.223 e. The normalized spacial score (nSPS) is 26.2. The highest BCUT2D eigenvalue weighted by molar-refractivity contribution is 7.99. The first-order chi connectivity index (χ1) is 20.2. The second-order valence-corrected chi connectivity index (χ2v) is 16.0. The van der Waals surface area contributed by atoms with E-state index in [9.17, 15) is 0 Å². The topological polar surface area (TPSA) is 12.7 Å². The second-order valence-electron chi connectivity index (χ2n) is 15.0.